The number of benzene rings is 1. The molecule has 2 rings (SSSR count). The van der Waals surface area contributed by atoms with Gasteiger partial charge in [-0.25, -0.2) is 4.39 Å². The molecule has 0 spiro atoms. The predicted molar refractivity (Wildman–Crippen MR) is 73.1 cm³/mol. The van der Waals surface area contributed by atoms with Gasteiger partial charge in [0, 0.05) is 25.8 Å². The van der Waals surface area contributed by atoms with Crippen LogP contribution in [0.5, 0.6) is 5.75 Å². The van der Waals surface area contributed by atoms with Crippen LogP contribution in [-0.2, 0) is 4.74 Å². The molecule has 1 fully saturated rings. The lowest BCUT2D eigenvalue weighted by molar-refractivity contribution is 0.106. The molecule has 3 nitrogen and oxygen atoms in total. The van der Waals surface area contributed by atoms with Crippen LogP contribution < -0.4 is 10.1 Å². The van der Waals surface area contributed by atoms with E-state index >= 15 is 0 Å². The minimum Gasteiger partial charge on any atom is -0.489 e. The van der Waals surface area contributed by atoms with Crippen LogP contribution in [0.2, 0.25) is 0 Å². The molecule has 1 N–H and O–H groups in total. The highest BCUT2D eigenvalue weighted by Crippen LogP contribution is 2.20. The second-order valence-corrected chi connectivity index (χ2v) is 5.13. The Balaban J connectivity index is 1.73. The number of ether oxygens (including phenoxy) is 2. The van der Waals surface area contributed by atoms with Crippen LogP contribution in [0.1, 0.15) is 25.3 Å². The van der Waals surface area contributed by atoms with Gasteiger partial charge < -0.3 is 14.8 Å². The molecule has 4 heteroatoms. The summed E-state index contributed by atoms with van der Waals surface area (Å²) in [5, 5.41) is 3.34. The van der Waals surface area contributed by atoms with Gasteiger partial charge in [-0.15, -0.1) is 0 Å². The monoisotopic (exact) mass is 267 g/mol. The molecule has 0 aliphatic carbocycles. The van der Waals surface area contributed by atoms with Gasteiger partial charge in [0.25, 0.3) is 0 Å². The molecule has 19 heavy (non-hydrogen) atoms. The SMILES string of the molecule is Cc1ccc(F)cc1OC(C)CNCC1CCCO1. The van der Waals surface area contributed by atoms with E-state index in [9.17, 15) is 4.39 Å². The smallest absolute Gasteiger partial charge is 0.126 e. The van der Waals surface area contributed by atoms with Gasteiger partial charge >= 0.3 is 0 Å². The zero-order valence-electron chi connectivity index (χ0n) is 11.6. The Morgan fingerprint density at radius 3 is 3.11 bits per heavy atom. The van der Waals surface area contributed by atoms with E-state index in [1.807, 2.05) is 13.8 Å². The van der Waals surface area contributed by atoms with E-state index in [0.29, 0.717) is 11.9 Å². The van der Waals surface area contributed by atoms with Gasteiger partial charge in [0.2, 0.25) is 0 Å². The summed E-state index contributed by atoms with van der Waals surface area (Å²) in [5.41, 5.74) is 0.951. The first kappa shape index (κ1) is 14.3. The van der Waals surface area contributed by atoms with E-state index in [0.717, 1.165) is 38.1 Å². The van der Waals surface area contributed by atoms with E-state index in [2.05, 4.69) is 5.32 Å². The maximum atomic E-state index is 13.1. The van der Waals surface area contributed by atoms with Crippen molar-refractivity contribution in [3.8, 4) is 5.75 Å². The van der Waals surface area contributed by atoms with Crippen molar-refractivity contribution in [2.75, 3.05) is 19.7 Å². The van der Waals surface area contributed by atoms with Crippen LogP contribution in [0.25, 0.3) is 0 Å². The Morgan fingerprint density at radius 1 is 1.53 bits per heavy atom. The molecule has 0 bridgehead atoms. The standard InChI is InChI=1S/C15H22FNO2/c1-11-5-6-13(16)8-15(11)19-12(2)9-17-10-14-4-3-7-18-14/h5-6,8,12,14,17H,3-4,7,9-10H2,1-2H3. The molecule has 1 aromatic carbocycles. The van der Waals surface area contributed by atoms with Crippen molar-refractivity contribution in [3.63, 3.8) is 0 Å². The summed E-state index contributed by atoms with van der Waals surface area (Å²) in [6.45, 7) is 6.36. The molecule has 0 radical (unpaired) electrons. The van der Waals surface area contributed by atoms with E-state index in [1.165, 1.54) is 12.1 Å². The average molecular weight is 267 g/mol. The van der Waals surface area contributed by atoms with E-state index < -0.39 is 0 Å². The quantitative estimate of drug-likeness (QED) is 0.859. The van der Waals surface area contributed by atoms with Crippen LogP contribution in [-0.4, -0.2) is 31.9 Å². The van der Waals surface area contributed by atoms with Crippen LogP contribution in [0, 0.1) is 12.7 Å². The second kappa shape index (κ2) is 6.87. The number of nitrogens with one attached hydrogen (secondary N) is 1. The average Bonchev–Trinajstić information content (AvgIpc) is 2.87. The molecule has 106 valence electrons. The first-order valence-electron chi connectivity index (χ1n) is 6.90. The fourth-order valence-corrected chi connectivity index (χ4v) is 2.21. The van der Waals surface area contributed by atoms with Crippen LogP contribution in [0.3, 0.4) is 0 Å². The number of rotatable bonds is 6. The summed E-state index contributed by atoms with van der Waals surface area (Å²) >= 11 is 0. The third-order valence-electron chi connectivity index (χ3n) is 3.31. The third-order valence-corrected chi connectivity index (χ3v) is 3.31. The highest BCUT2D eigenvalue weighted by atomic mass is 19.1. The summed E-state index contributed by atoms with van der Waals surface area (Å²) in [6.07, 6.45) is 2.62. The minimum atomic E-state index is -0.264. The Labute approximate surface area is 114 Å². The summed E-state index contributed by atoms with van der Waals surface area (Å²) in [4.78, 5) is 0. The second-order valence-electron chi connectivity index (χ2n) is 5.13. The van der Waals surface area contributed by atoms with Crippen molar-refractivity contribution in [1.29, 1.82) is 0 Å². The largest absolute Gasteiger partial charge is 0.489 e. The Kier molecular flexibility index (Phi) is 5.16. The van der Waals surface area contributed by atoms with Crippen LogP contribution in [0.4, 0.5) is 4.39 Å². The summed E-state index contributed by atoms with van der Waals surface area (Å²) < 4.78 is 24.4. The number of hydrogen-bond acceptors (Lipinski definition) is 3. The minimum absolute atomic E-state index is 0.00176. The normalized spacial score (nSPS) is 20.5. The molecular weight excluding hydrogens is 245 g/mol. The van der Waals surface area contributed by atoms with E-state index in [-0.39, 0.29) is 11.9 Å². The van der Waals surface area contributed by atoms with Gasteiger partial charge in [-0.05, 0) is 38.3 Å². The molecule has 1 aliphatic rings. The molecule has 1 heterocycles. The van der Waals surface area contributed by atoms with Gasteiger partial charge in [-0.3, -0.25) is 0 Å². The predicted octanol–water partition coefficient (Wildman–Crippen LogP) is 2.67. The highest BCUT2D eigenvalue weighted by molar-refractivity contribution is 5.32. The van der Waals surface area contributed by atoms with Crippen LogP contribution in [0.15, 0.2) is 18.2 Å². The van der Waals surface area contributed by atoms with Gasteiger partial charge in [-0.2, -0.15) is 0 Å². The lowest BCUT2D eigenvalue weighted by Gasteiger charge is -2.18. The van der Waals surface area contributed by atoms with Gasteiger partial charge in [0.05, 0.1) is 6.10 Å². The lowest BCUT2D eigenvalue weighted by Crippen LogP contribution is -2.34. The van der Waals surface area contributed by atoms with Crippen molar-refractivity contribution in [2.24, 2.45) is 0 Å². The van der Waals surface area contributed by atoms with Crippen molar-refractivity contribution >= 4 is 0 Å². The Morgan fingerprint density at radius 2 is 2.37 bits per heavy atom. The van der Waals surface area contributed by atoms with E-state index in [1.54, 1.807) is 6.07 Å². The molecule has 0 aromatic heterocycles. The third kappa shape index (κ3) is 4.48. The van der Waals surface area contributed by atoms with Gasteiger partial charge in [0.1, 0.15) is 17.7 Å². The van der Waals surface area contributed by atoms with Crippen molar-refractivity contribution < 1.29 is 13.9 Å². The number of hydrogen-bond donors (Lipinski definition) is 1. The molecule has 1 saturated heterocycles. The van der Waals surface area contributed by atoms with E-state index in [4.69, 9.17) is 9.47 Å². The van der Waals surface area contributed by atoms with Crippen LogP contribution >= 0.6 is 0 Å². The Hall–Kier alpha value is -1.13. The lowest BCUT2D eigenvalue weighted by atomic mass is 10.2. The molecule has 1 aromatic rings. The van der Waals surface area contributed by atoms with Crippen molar-refractivity contribution in [1.82, 2.24) is 5.32 Å². The maximum absolute atomic E-state index is 13.1. The first-order valence-corrected chi connectivity index (χ1v) is 6.90. The summed E-state index contributed by atoms with van der Waals surface area (Å²) in [6, 6.07) is 4.62. The molecule has 2 unspecified atom stereocenters. The zero-order chi connectivity index (χ0) is 13.7. The number of halogens is 1. The number of aryl methyl sites for hydroxylation is 1. The Bertz CT molecular complexity index is 405. The zero-order valence-corrected chi connectivity index (χ0v) is 11.6. The molecule has 0 saturated carbocycles. The fraction of sp³-hybridized carbons (Fsp3) is 0.600. The molecule has 2 atom stereocenters. The summed E-state index contributed by atoms with van der Waals surface area (Å²) in [5.74, 6) is 0.353. The summed E-state index contributed by atoms with van der Waals surface area (Å²) in [7, 11) is 0. The topological polar surface area (TPSA) is 30.5 Å². The van der Waals surface area contributed by atoms with Crippen molar-refractivity contribution in [2.45, 2.75) is 38.9 Å². The fourth-order valence-electron chi connectivity index (χ4n) is 2.21. The molecule has 0 amide bonds. The van der Waals surface area contributed by atoms with Gasteiger partial charge in [0.15, 0.2) is 0 Å². The molecular formula is C15H22FNO2. The van der Waals surface area contributed by atoms with Gasteiger partial charge in [-0.1, -0.05) is 6.07 Å². The highest BCUT2D eigenvalue weighted by Gasteiger charge is 2.15. The maximum Gasteiger partial charge on any atom is 0.126 e. The molecule has 1 aliphatic heterocycles. The van der Waals surface area contributed by atoms with Crippen molar-refractivity contribution in [3.05, 3.63) is 29.6 Å². The first-order chi connectivity index (χ1) is 9.15.